The molecule has 1 amide bonds. The maximum absolute atomic E-state index is 13.5. The molecule has 7 rings (SSSR count). The molecular weight excluding hydrogens is 504 g/mol. The van der Waals surface area contributed by atoms with Gasteiger partial charge in [0.05, 0.1) is 18.7 Å². The average molecular weight is 537 g/mol. The number of anilines is 4. The van der Waals surface area contributed by atoms with Crippen molar-refractivity contribution in [1.82, 2.24) is 24.2 Å². The van der Waals surface area contributed by atoms with Crippen LogP contribution in [0.2, 0.25) is 0 Å². The molecule has 40 heavy (non-hydrogen) atoms. The van der Waals surface area contributed by atoms with Crippen molar-refractivity contribution in [3.8, 4) is 5.69 Å². The number of likely N-dealkylation sites (N-methyl/N-ethyl adjacent to an activating group) is 1. The van der Waals surface area contributed by atoms with Gasteiger partial charge in [0.15, 0.2) is 5.65 Å². The summed E-state index contributed by atoms with van der Waals surface area (Å²) in [5.74, 6) is 0.538. The number of rotatable bonds is 3. The molecular formula is C30H32N8O2. The summed E-state index contributed by atoms with van der Waals surface area (Å²) in [4.78, 5) is 42.1. The van der Waals surface area contributed by atoms with E-state index >= 15 is 0 Å². The van der Waals surface area contributed by atoms with Crippen molar-refractivity contribution in [3.63, 3.8) is 0 Å². The molecule has 5 heterocycles. The van der Waals surface area contributed by atoms with Crippen LogP contribution in [0.1, 0.15) is 18.4 Å². The first-order valence-electron chi connectivity index (χ1n) is 13.9. The van der Waals surface area contributed by atoms with Gasteiger partial charge in [0.2, 0.25) is 11.9 Å². The summed E-state index contributed by atoms with van der Waals surface area (Å²) < 4.78 is 3.54. The third-order valence-electron chi connectivity index (χ3n) is 8.11. The number of nitrogens with one attached hydrogen (secondary N) is 1. The van der Waals surface area contributed by atoms with E-state index in [0.29, 0.717) is 36.5 Å². The van der Waals surface area contributed by atoms with Crippen LogP contribution in [0, 0.1) is 0 Å². The molecule has 0 saturated carbocycles. The fourth-order valence-corrected chi connectivity index (χ4v) is 5.85. The summed E-state index contributed by atoms with van der Waals surface area (Å²) in [5, 5.41) is 3.77. The second-order valence-electron chi connectivity index (χ2n) is 10.7. The third kappa shape index (κ3) is 4.34. The minimum absolute atomic E-state index is 0.121. The van der Waals surface area contributed by atoms with E-state index < -0.39 is 0 Å². The number of carbonyl (C=O) groups excluding carboxylic acids is 1. The van der Waals surface area contributed by atoms with Gasteiger partial charge in [-0.3, -0.25) is 9.59 Å². The lowest BCUT2D eigenvalue weighted by atomic mass is 10.1. The quantitative estimate of drug-likeness (QED) is 0.402. The zero-order valence-electron chi connectivity index (χ0n) is 22.6. The van der Waals surface area contributed by atoms with E-state index in [1.54, 1.807) is 10.9 Å². The molecule has 0 radical (unpaired) electrons. The van der Waals surface area contributed by atoms with Gasteiger partial charge in [0.25, 0.3) is 5.56 Å². The number of aromatic nitrogens is 4. The van der Waals surface area contributed by atoms with Crippen LogP contribution in [0.25, 0.3) is 16.7 Å². The van der Waals surface area contributed by atoms with Crippen molar-refractivity contribution < 1.29 is 4.79 Å². The molecule has 1 fully saturated rings. The van der Waals surface area contributed by atoms with E-state index in [1.165, 1.54) is 5.69 Å². The maximum Gasteiger partial charge on any atom is 0.278 e. The van der Waals surface area contributed by atoms with Crippen LogP contribution in [0.15, 0.2) is 65.6 Å². The SMILES string of the molecule is CN1CCN(c2ccc(Nc3ncc4c(=O)n5n(c4n3)-c3ccc4c(c3)N(CCCC=CC5)C(=O)C4)cc2)CC1. The van der Waals surface area contributed by atoms with E-state index in [0.717, 1.165) is 61.6 Å². The molecule has 10 heteroatoms. The lowest BCUT2D eigenvalue weighted by Gasteiger charge is -2.34. The molecule has 1 N–H and O–H groups in total. The Balaban J connectivity index is 1.26. The summed E-state index contributed by atoms with van der Waals surface area (Å²) in [6.07, 6.45) is 7.82. The molecule has 0 aliphatic carbocycles. The van der Waals surface area contributed by atoms with Crippen LogP contribution in [-0.2, 0) is 17.8 Å². The second kappa shape index (κ2) is 9.95. The number of nitrogens with zero attached hydrogens (tertiary/aromatic N) is 7. The summed E-state index contributed by atoms with van der Waals surface area (Å²) in [6, 6.07) is 14.3. The van der Waals surface area contributed by atoms with Gasteiger partial charge in [-0.15, -0.1) is 0 Å². The van der Waals surface area contributed by atoms with Crippen LogP contribution in [0.5, 0.6) is 0 Å². The van der Waals surface area contributed by atoms with Gasteiger partial charge in [-0.05, 0) is 61.9 Å². The second-order valence-corrected chi connectivity index (χ2v) is 10.7. The predicted octanol–water partition coefficient (Wildman–Crippen LogP) is 3.32. The number of fused-ring (bicyclic) bond motifs is 5. The van der Waals surface area contributed by atoms with Gasteiger partial charge < -0.3 is 20.0 Å². The highest BCUT2D eigenvalue weighted by molar-refractivity contribution is 6.01. The Morgan fingerprint density at radius 2 is 1.70 bits per heavy atom. The molecule has 0 spiro atoms. The zero-order chi connectivity index (χ0) is 27.2. The van der Waals surface area contributed by atoms with Crippen LogP contribution in [0.3, 0.4) is 0 Å². The molecule has 3 aliphatic heterocycles. The molecule has 4 aromatic rings. The third-order valence-corrected chi connectivity index (χ3v) is 8.11. The lowest BCUT2D eigenvalue weighted by Crippen LogP contribution is -2.44. The number of hydrogen-bond acceptors (Lipinski definition) is 7. The Labute approximate surface area is 232 Å². The highest BCUT2D eigenvalue weighted by Crippen LogP contribution is 2.32. The van der Waals surface area contributed by atoms with Gasteiger partial charge in [0, 0.05) is 56.0 Å². The number of benzene rings is 2. The summed E-state index contributed by atoms with van der Waals surface area (Å²) in [5.41, 5.74) is 5.19. The van der Waals surface area contributed by atoms with Crippen LogP contribution >= 0.6 is 0 Å². The van der Waals surface area contributed by atoms with Gasteiger partial charge >= 0.3 is 0 Å². The Bertz CT molecular complexity index is 1680. The van der Waals surface area contributed by atoms with E-state index in [4.69, 9.17) is 4.98 Å². The molecule has 0 atom stereocenters. The normalized spacial score (nSPS) is 17.6. The summed E-state index contributed by atoms with van der Waals surface area (Å²) in [7, 11) is 2.16. The van der Waals surface area contributed by atoms with Crippen LogP contribution in [-0.4, -0.2) is 69.9 Å². The number of hydrogen-bond donors (Lipinski definition) is 1. The van der Waals surface area contributed by atoms with E-state index in [1.807, 2.05) is 46.0 Å². The minimum Gasteiger partial charge on any atom is -0.369 e. The van der Waals surface area contributed by atoms with Crippen molar-refractivity contribution in [2.24, 2.45) is 0 Å². The van der Waals surface area contributed by atoms with Crippen molar-refractivity contribution in [1.29, 1.82) is 0 Å². The molecule has 0 unspecified atom stereocenters. The fraction of sp³-hybridized carbons (Fsp3) is 0.333. The van der Waals surface area contributed by atoms with Crippen LogP contribution < -0.4 is 20.7 Å². The fourth-order valence-electron chi connectivity index (χ4n) is 5.85. The Morgan fingerprint density at radius 3 is 2.52 bits per heavy atom. The summed E-state index contributed by atoms with van der Waals surface area (Å²) in [6.45, 7) is 5.25. The van der Waals surface area contributed by atoms with Crippen molar-refractivity contribution in [2.75, 3.05) is 54.9 Å². The average Bonchev–Trinajstić information content (AvgIpc) is 3.42. The lowest BCUT2D eigenvalue weighted by molar-refractivity contribution is -0.117. The highest BCUT2D eigenvalue weighted by atomic mass is 16.2. The van der Waals surface area contributed by atoms with Gasteiger partial charge in [-0.25, -0.2) is 14.3 Å². The first-order valence-corrected chi connectivity index (χ1v) is 13.9. The van der Waals surface area contributed by atoms with Gasteiger partial charge in [-0.2, -0.15) is 4.98 Å². The topological polar surface area (TPSA) is 91.5 Å². The van der Waals surface area contributed by atoms with E-state index in [-0.39, 0.29) is 11.5 Å². The van der Waals surface area contributed by atoms with E-state index in [2.05, 4.69) is 45.4 Å². The highest BCUT2D eigenvalue weighted by Gasteiger charge is 2.28. The monoisotopic (exact) mass is 536 g/mol. The number of carbonyl (C=O) groups is 1. The number of amides is 1. The number of piperazine rings is 1. The van der Waals surface area contributed by atoms with Gasteiger partial charge in [0.1, 0.15) is 5.39 Å². The molecule has 204 valence electrons. The Hall–Kier alpha value is -4.44. The van der Waals surface area contributed by atoms with Crippen LogP contribution in [0.4, 0.5) is 23.0 Å². The smallest absolute Gasteiger partial charge is 0.278 e. The standard InChI is InChI=1S/C30H32N8O2/c1-34-14-16-35(17-15-34)23-10-7-22(8-11-23)32-30-31-20-25-28(33-30)38-24-9-6-21-18-27(39)36(26(21)19-24)12-4-2-3-5-13-37(38)29(25)40/h3,5-11,19-20H,2,4,12-18H2,1H3,(H,31,32,33). The van der Waals surface area contributed by atoms with Crippen molar-refractivity contribution >= 4 is 40.0 Å². The number of allylic oxidation sites excluding steroid dienone is 2. The molecule has 1 saturated heterocycles. The van der Waals surface area contributed by atoms with Crippen molar-refractivity contribution in [2.45, 2.75) is 25.8 Å². The minimum atomic E-state index is -0.145. The zero-order valence-corrected chi connectivity index (χ0v) is 22.6. The molecule has 2 aromatic heterocycles. The molecule has 3 aliphatic rings. The van der Waals surface area contributed by atoms with E-state index in [9.17, 15) is 9.59 Å². The predicted molar refractivity (Wildman–Crippen MR) is 157 cm³/mol. The first kappa shape index (κ1) is 24.6. The molecule has 2 bridgehead atoms. The summed E-state index contributed by atoms with van der Waals surface area (Å²) >= 11 is 0. The first-order chi connectivity index (χ1) is 19.5. The largest absolute Gasteiger partial charge is 0.369 e. The molecule has 2 aromatic carbocycles. The molecule has 10 nitrogen and oxygen atoms in total. The van der Waals surface area contributed by atoms with Crippen molar-refractivity contribution in [3.05, 3.63) is 76.7 Å². The van der Waals surface area contributed by atoms with Gasteiger partial charge in [-0.1, -0.05) is 18.2 Å². The Kier molecular flexibility index (Phi) is 6.11. The maximum atomic E-state index is 13.5. The Morgan fingerprint density at radius 1 is 0.900 bits per heavy atom.